The Morgan fingerprint density at radius 2 is 1.80 bits per heavy atom. The summed E-state index contributed by atoms with van der Waals surface area (Å²) >= 11 is 0. The number of nitrogens with zero attached hydrogens (tertiary/aromatic N) is 5. The second kappa shape index (κ2) is 13.7. The van der Waals surface area contributed by atoms with Crippen molar-refractivity contribution in [3.63, 3.8) is 0 Å². The van der Waals surface area contributed by atoms with Gasteiger partial charge in [0.1, 0.15) is 18.0 Å². The lowest BCUT2D eigenvalue weighted by atomic mass is 9.90. The van der Waals surface area contributed by atoms with E-state index in [0.717, 1.165) is 29.7 Å². The van der Waals surface area contributed by atoms with Gasteiger partial charge in [-0.2, -0.15) is 0 Å². The Balaban J connectivity index is 1.34. The van der Waals surface area contributed by atoms with Crippen molar-refractivity contribution >= 4 is 17.8 Å². The number of carbonyl (C=O) groups is 3. The molecule has 2 N–H and O–H groups in total. The molecule has 240 valence electrons. The van der Waals surface area contributed by atoms with Crippen LogP contribution >= 0.6 is 0 Å². The van der Waals surface area contributed by atoms with Crippen molar-refractivity contribution in [1.29, 1.82) is 0 Å². The number of fused-ring (bicyclic) bond motifs is 2. The van der Waals surface area contributed by atoms with E-state index in [4.69, 9.17) is 0 Å². The van der Waals surface area contributed by atoms with Crippen molar-refractivity contribution < 1.29 is 19.5 Å². The molecule has 0 radical (unpaired) electrons. The number of allylic oxidation sites excluding steroid dienone is 2. The van der Waals surface area contributed by atoms with E-state index in [1.165, 1.54) is 0 Å². The van der Waals surface area contributed by atoms with Crippen LogP contribution in [0.4, 0.5) is 4.79 Å². The van der Waals surface area contributed by atoms with E-state index in [0.29, 0.717) is 19.6 Å². The van der Waals surface area contributed by atoms with E-state index in [1.807, 2.05) is 35.2 Å². The zero-order valence-corrected chi connectivity index (χ0v) is 26.2. The molecule has 10 nitrogen and oxygen atoms in total. The number of rotatable bonds is 10. The third kappa shape index (κ3) is 6.30. The molecule has 3 aliphatic heterocycles. The van der Waals surface area contributed by atoms with Crippen LogP contribution in [0.15, 0.2) is 103 Å². The lowest BCUT2D eigenvalue weighted by molar-refractivity contribution is -0.188. The molecule has 0 saturated carbocycles. The third-order valence-electron chi connectivity index (χ3n) is 9.13. The number of aromatic hydroxyl groups is 1. The largest absolute Gasteiger partial charge is 0.508 e. The van der Waals surface area contributed by atoms with E-state index >= 15 is 0 Å². The first-order valence-corrected chi connectivity index (χ1v) is 16.0. The molecule has 4 atom stereocenters. The predicted octanol–water partition coefficient (Wildman–Crippen LogP) is 3.65. The number of nitrogens with one attached hydrogen (secondary N) is 1. The van der Waals surface area contributed by atoms with Gasteiger partial charge in [0.15, 0.2) is 0 Å². The first-order chi connectivity index (χ1) is 22.4. The molecule has 1 aliphatic carbocycles. The number of benzene rings is 2. The van der Waals surface area contributed by atoms with Gasteiger partial charge in [0.2, 0.25) is 11.8 Å². The quantitative estimate of drug-likeness (QED) is 0.393. The first-order valence-electron chi connectivity index (χ1n) is 16.0. The summed E-state index contributed by atoms with van der Waals surface area (Å²) in [6.07, 6.45) is 13.0. The van der Waals surface area contributed by atoms with Crippen molar-refractivity contribution in [2.24, 2.45) is 5.92 Å². The lowest BCUT2D eigenvalue weighted by Gasteiger charge is -2.55. The molecular weight excluding hydrogens is 580 g/mol. The molecular formula is C36H42N6O4. The number of carbonyl (C=O) groups excluding carboxylic acids is 3. The summed E-state index contributed by atoms with van der Waals surface area (Å²) in [5.74, 6) is -0.0948. The maximum atomic E-state index is 14.4. The maximum Gasteiger partial charge on any atom is 0.334 e. The zero-order valence-electron chi connectivity index (χ0n) is 26.2. The molecule has 10 heteroatoms. The highest BCUT2D eigenvalue weighted by molar-refractivity contribution is 5.92. The van der Waals surface area contributed by atoms with Gasteiger partial charge in [-0.15, -0.1) is 6.58 Å². The average Bonchev–Trinajstić information content (AvgIpc) is 3.40. The molecule has 2 saturated heterocycles. The highest BCUT2D eigenvalue weighted by Crippen LogP contribution is 2.35. The maximum absolute atomic E-state index is 14.4. The van der Waals surface area contributed by atoms with Crippen LogP contribution in [0.25, 0.3) is 0 Å². The van der Waals surface area contributed by atoms with Crippen molar-refractivity contribution in [2.45, 2.75) is 44.6 Å². The van der Waals surface area contributed by atoms with E-state index in [9.17, 15) is 19.5 Å². The fourth-order valence-corrected chi connectivity index (χ4v) is 7.03. The average molecular weight is 623 g/mol. The molecule has 46 heavy (non-hydrogen) atoms. The summed E-state index contributed by atoms with van der Waals surface area (Å²) in [4.78, 5) is 48.0. The van der Waals surface area contributed by atoms with Gasteiger partial charge < -0.3 is 25.1 Å². The van der Waals surface area contributed by atoms with Gasteiger partial charge in [0.25, 0.3) is 0 Å². The van der Waals surface area contributed by atoms with Gasteiger partial charge in [0, 0.05) is 44.7 Å². The van der Waals surface area contributed by atoms with Gasteiger partial charge in [-0.05, 0) is 35.3 Å². The lowest BCUT2D eigenvalue weighted by Crippen LogP contribution is -2.76. The van der Waals surface area contributed by atoms with Crippen LogP contribution < -0.4 is 5.32 Å². The topological polar surface area (TPSA) is 99.7 Å². The van der Waals surface area contributed by atoms with Crippen LogP contribution in [-0.4, -0.2) is 98.6 Å². The highest BCUT2D eigenvalue weighted by Gasteiger charge is 2.51. The highest BCUT2D eigenvalue weighted by atomic mass is 16.3. The van der Waals surface area contributed by atoms with Crippen LogP contribution in [0.5, 0.6) is 5.75 Å². The molecule has 2 aromatic carbocycles. The molecule has 2 fully saturated rings. The molecule has 0 bridgehead atoms. The van der Waals surface area contributed by atoms with Gasteiger partial charge in [-0.3, -0.25) is 9.59 Å². The first kappa shape index (κ1) is 31.2. The Bertz CT molecular complexity index is 1540. The van der Waals surface area contributed by atoms with Crippen LogP contribution in [0, 0.1) is 5.92 Å². The second-order valence-electron chi connectivity index (χ2n) is 12.2. The second-order valence-corrected chi connectivity index (χ2v) is 12.2. The number of hydrogen-bond acceptors (Lipinski definition) is 6. The standard InChI is InChI=1S/C36H42N6O4/c1-3-18-38-22-28(30-12-8-9-13-31(30)38)23-39-24-33-41(32(35(39)45)20-26-14-16-29(43)17-15-26)34(44)25-40(19-4-2)42(33)36(46)37-21-27-10-6-5-7-11-27/h4-17,22,30-33,43H,2-3,18-21,23-25H2,1H3,(H,37,46)/t30?,31?,32-,33-/m0/s1. The van der Waals surface area contributed by atoms with Crippen molar-refractivity contribution in [1.82, 2.24) is 30.0 Å². The van der Waals surface area contributed by atoms with Gasteiger partial charge >= 0.3 is 6.03 Å². The van der Waals surface area contributed by atoms with Crippen LogP contribution in [0.2, 0.25) is 0 Å². The normalized spacial score (nSPS) is 24.2. The number of urea groups is 1. The molecule has 2 aromatic rings. The Labute approximate surface area is 270 Å². The van der Waals surface area contributed by atoms with Gasteiger partial charge in [-0.25, -0.2) is 14.8 Å². The number of hydrazine groups is 1. The van der Waals surface area contributed by atoms with Crippen molar-refractivity contribution in [3.05, 3.63) is 114 Å². The zero-order chi connectivity index (χ0) is 32.2. The minimum atomic E-state index is -0.822. The summed E-state index contributed by atoms with van der Waals surface area (Å²) in [5.41, 5.74) is 2.90. The Morgan fingerprint density at radius 1 is 1.04 bits per heavy atom. The molecule has 3 heterocycles. The van der Waals surface area contributed by atoms with Crippen LogP contribution in [0.1, 0.15) is 24.5 Å². The molecule has 0 spiro atoms. The summed E-state index contributed by atoms with van der Waals surface area (Å²) < 4.78 is 0. The number of hydrogen-bond donors (Lipinski definition) is 2. The molecule has 4 amide bonds. The van der Waals surface area contributed by atoms with E-state index < -0.39 is 12.2 Å². The molecule has 6 rings (SSSR count). The van der Waals surface area contributed by atoms with E-state index in [1.54, 1.807) is 45.3 Å². The number of phenolic OH excluding ortho intramolecular Hbond substituents is 1. The fraction of sp³-hybridized carbons (Fsp3) is 0.361. The predicted molar refractivity (Wildman–Crippen MR) is 176 cm³/mol. The smallest absolute Gasteiger partial charge is 0.334 e. The fourth-order valence-electron chi connectivity index (χ4n) is 7.03. The number of phenols is 1. The monoisotopic (exact) mass is 622 g/mol. The van der Waals surface area contributed by atoms with Gasteiger partial charge in [-0.1, -0.05) is 79.8 Å². The summed E-state index contributed by atoms with van der Waals surface area (Å²) in [6.45, 7) is 8.07. The summed E-state index contributed by atoms with van der Waals surface area (Å²) in [6, 6.07) is 15.4. The summed E-state index contributed by atoms with van der Waals surface area (Å²) in [7, 11) is 0. The number of piperazine rings is 1. The van der Waals surface area contributed by atoms with Crippen molar-refractivity contribution in [2.75, 3.05) is 32.7 Å². The van der Waals surface area contributed by atoms with Gasteiger partial charge in [0.05, 0.1) is 19.1 Å². The van der Waals surface area contributed by atoms with E-state index in [2.05, 4.69) is 54.2 Å². The van der Waals surface area contributed by atoms with Crippen LogP contribution in [-0.2, 0) is 22.6 Å². The number of amides is 4. The Kier molecular flexibility index (Phi) is 9.25. The Morgan fingerprint density at radius 3 is 2.54 bits per heavy atom. The Hall–Kier alpha value is -4.83. The minimum absolute atomic E-state index is 0.0569. The summed E-state index contributed by atoms with van der Waals surface area (Å²) in [5, 5.41) is 16.2. The third-order valence-corrected chi connectivity index (χ3v) is 9.13. The molecule has 2 unspecified atom stereocenters. The molecule has 4 aliphatic rings. The minimum Gasteiger partial charge on any atom is -0.508 e. The van der Waals surface area contributed by atoms with E-state index in [-0.39, 0.29) is 55.1 Å². The van der Waals surface area contributed by atoms with Crippen molar-refractivity contribution in [3.8, 4) is 5.75 Å². The van der Waals surface area contributed by atoms with Crippen LogP contribution in [0.3, 0.4) is 0 Å². The SMILES string of the molecule is C=CCN1CC(=O)N2[C@@H](Cc3ccc(O)cc3)C(=O)N(CC3=CN(CCC)C4C=CC=CC34)C[C@@H]2N1C(=O)NCc1ccccc1. The molecule has 0 aromatic heterocycles.